The van der Waals surface area contributed by atoms with Crippen molar-refractivity contribution in [2.24, 2.45) is 5.92 Å². The third kappa shape index (κ3) is 3.40. The number of nitrogens with one attached hydrogen (secondary N) is 1. The van der Waals surface area contributed by atoms with Gasteiger partial charge in [0.2, 0.25) is 5.91 Å². The van der Waals surface area contributed by atoms with E-state index in [9.17, 15) is 4.79 Å². The summed E-state index contributed by atoms with van der Waals surface area (Å²) in [6.45, 7) is 4.09. The lowest BCUT2D eigenvalue weighted by molar-refractivity contribution is -0.119. The van der Waals surface area contributed by atoms with Crippen LogP contribution in [-0.2, 0) is 4.79 Å². The Bertz CT molecular complexity index is 954. The Labute approximate surface area is 156 Å². The van der Waals surface area contributed by atoms with E-state index in [1.807, 2.05) is 31.2 Å². The maximum absolute atomic E-state index is 12.4. The van der Waals surface area contributed by atoms with Crippen LogP contribution in [0.5, 0.6) is 0 Å². The third-order valence-corrected chi connectivity index (χ3v) is 5.97. The highest BCUT2D eigenvalue weighted by molar-refractivity contribution is 7.99. The van der Waals surface area contributed by atoms with Crippen LogP contribution in [0.4, 0.5) is 0 Å². The van der Waals surface area contributed by atoms with Crippen LogP contribution in [0, 0.1) is 12.8 Å². The normalized spacial score (nSPS) is 20.5. The number of carbonyl (C=O) groups is 1. The van der Waals surface area contributed by atoms with Crippen molar-refractivity contribution < 1.29 is 4.79 Å². The van der Waals surface area contributed by atoms with Gasteiger partial charge in [0, 0.05) is 11.4 Å². The quantitative estimate of drug-likeness (QED) is 0.564. The maximum atomic E-state index is 12.4. The minimum atomic E-state index is 0.0636. The lowest BCUT2D eigenvalue weighted by Crippen LogP contribution is -2.41. The molecule has 2 heterocycles. The van der Waals surface area contributed by atoms with Crippen molar-refractivity contribution in [3.8, 4) is 0 Å². The van der Waals surface area contributed by atoms with E-state index in [-0.39, 0.29) is 5.91 Å². The van der Waals surface area contributed by atoms with Crippen molar-refractivity contribution in [1.29, 1.82) is 0 Å². The van der Waals surface area contributed by atoms with Gasteiger partial charge in [0.05, 0.1) is 11.3 Å². The number of aromatic nitrogens is 4. The second-order valence-electron chi connectivity index (χ2n) is 7.03. The number of hydrogen-bond acceptors (Lipinski definition) is 5. The minimum Gasteiger partial charge on any atom is -0.352 e. The number of hydrogen-bond donors (Lipinski definition) is 1. The van der Waals surface area contributed by atoms with Crippen LogP contribution < -0.4 is 5.32 Å². The average molecular weight is 369 g/mol. The van der Waals surface area contributed by atoms with Crippen molar-refractivity contribution in [3.05, 3.63) is 30.1 Å². The Balaban J connectivity index is 1.53. The predicted octanol–water partition coefficient (Wildman–Crippen LogP) is 3.37. The van der Waals surface area contributed by atoms with E-state index in [4.69, 9.17) is 4.98 Å². The zero-order valence-electron chi connectivity index (χ0n) is 15.1. The molecular formula is C19H23N5OS. The van der Waals surface area contributed by atoms with Crippen LogP contribution in [0.25, 0.3) is 16.6 Å². The first-order valence-corrected chi connectivity index (χ1v) is 10.1. The largest absolute Gasteiger partial charge is 0.352 e. The molecule has 1 fully saturated rings. The fraction of sp³-hybridized carbons (Fsp3) is 0.474. The van der Waals surface area contributed by atoms with Crippen LogP contribution in [0.1, 0.15) is 38.4 Å². The SMILES string of the molecule is Cc1nc2c3ccccc3nc(SCC(=O)N[C@@H]3CCCC[C@H]3C)n2n1. The Morgan fingerprint density at radius 3 is 2.92 bits per heavy atom. The summed E-state index contributed by atoms with van der Waals surface area (Å²) < 4.78 is 1.75. The Kier molecular flexibility index (Phi) is 4.80. The molecule has 1 N–H and O–H groups in total. The van der Waals surface area contributed by atoms with Gasteiger partial charge >= 0.3 is 0 Å². The Hall–Kier alpha value is -2.15. The summed E-state index contributed by atoms with van der Waals surface area (Å²) in [5, 5.41) is 9.33. The van der Waals surface area contributed by atoms with Crippen LogP contribution in [-0.4, -0.2) is 37.3 Å². The number of amides is 1. The molecule has 4 rings (SSSR count). The smallest absolute Gasteiger partial charge is 0.230 e. The summed E-state index contributed by atoms with van der Waals surface area (Å²) in [5.74, 6) is 1.66. The van der Waals surface area contributed by atoms with Crippen molar-refractivity contribution in [2.75, 3.05) is 5.75 Å². The molecule has 2 aromatic heterocycles. The number of nitrogens with zero attached hydrogens (tertiary/aromatic N) is 4. The van der Waals surface area contributed by atoms with Gasteiger partial charge in [-0.05, 0) is 37.8 Å². The Morgan fingerprint density at radius 1 is 1.27 bits per heavy atom. The van der Waals surface area contributed by atoms with Gasteiger partial charge in [-0.15, -0.1) is 5.10 Å². The first-order chi connectivity index (χ1) is 12.6. The number of aryl methyl sites for hydroxylation is 1. The summed E-state index contributed by atoms with van der Waals surface area (Å²) in [4.78, 5) is 21.7. The fourth-order valence-corrected chi connectivity index (χ4v) is 4.39. The second kappa shape index (κ2) is 7.23. The lowest BCUT2D eigenvalue weighted by atomic mass is 9.86. The van der Waals surface area contributed by atoms with E-state index < -0.39 is 0 Å². The third-order valence-electron chi connectivity index (χ3n) is 5.05. The topological polar surface area (TPSA) is 72.2 Å². The molecule has 1 aliphatic rings. The monoisotopic (exact) mass is 369 g/mol. The highest BCUT2D eigenvalue weighted by Gasteiger charge is 2.23. The van der Waals surface area contributed by atoms with Gasteiger partial charge in [0.15, 0.2) is 10.8 Å². The number of thioether (sulfide) groups is 1. The number of carbonyl (C=O) groups excluding carboxylic acids is 1. The second-order valence-corrected chi connectivity index (χ2v) is 7.97. The molecule has 1 saturated carbocycles. The molecule has 26 heavy (non-hydrogen) atoms. The van der Waals surface area contributed by atoms with Crippen molar-refractivity contribution in [3.63, 3.8) is 0 Å². The number of para-hydroxylation sites is 1. The summed E-state index contributed by atoms with van der Waals surface area (Å²) >= 11 is 1.41. The van der Waals surface area contributed by atoms with E-state index in [1.54, 1.807) is 4.52 Å². The molecule has 0 unspecified atom stereocenters. The summed E-state index contributed by atoms with van der Waals surface area (Å²) in [6, 6.07) is 8.19. The molecule has 6 nitrogen and oxygen atoms in total. The van der Waals surface area contributed by atoms with E-state index in [0.717, 1.165) is 23.0 Å². The van der Waals surface area contributed by atoms with Gasteiger partial charge in [0.25, 0.3) is 0 Å². The van der Waals surface area contributed by atoms with E-state index in [1.165, 1.54) is 31.0 Å². The van der Waals surface area contributed by atoms with Crippen molar-refractivity contribution >= 4 is 34.2 Å². The molecule has 1 aliphatic carbocycles. The van der Waals surface area contributed by atoms with Crippen molar-refractivity contribution in [2.45, 2.75) is 50.7 Å². The number of fused-ring (bicyclic) bond motifs is 3. The summed E-state index contributed by atoms with van der Waals surface area (Å²) in [6.07, 6.45) is 4.75. The van der Waals surface area contributed by atoms with Gasteiger partial charge < -0.3 is 5.32 Å². The van der Waals surface area contributed by atoms with Gasteiger partial charge in [-0.1, -0.05) is 43.7 Å². The Morgan fingerprint density at radius 2 is 2.08 bits per heavy atom. The van der Waals surface area contributed by atoms with E-state index in [0.29, 0.717) is 28.7 Å². The average Bonchev–Trinajstić information content (AvgIpc) is 3.03. The zero-order chi connectivity index (χ0) is 18.1. The molecule has 2 atom stereocenters. The number of benzene rings is 1. The standard InChI is InChI=1S/C19H23N5OS/c1-12-7-3-5-9-15(12)21-17(25)11-26-19-22-16-10-6-4-8-14(16)18-20-13(2)23-24(18)19/h4,6,8,10,12,15H,3,5,7,9,11H2,1-2H3,(H,21,25)/t12-,15-/m1/s1. The minimum absolute atomic E-state index is 0.0636. The van der Waals surface area contributed by atoms with Crippen LogP contribution >= 0.6 is 11.8 Å². The maximum Gasteiger partial charge on any atom is 0.230 e. The van der Waals surface area contributed by atoms with E-state index >= 15 is 0 Å². The highest BCUT2D eigenvalue weighted by atomic mass is 32.2. The molecule has 0 radical (unpaired) electrons. The van der Waals surface area contributed by atoms with Crippen LogP contribution in [0.15, 0.2) is 29.4 Å². The molecule has 0 bridgehead atoms. The van der Waals surface area contributed by atoms with E-state index in [2.05, 4.69) is 22.3 Å². The van der Waals surface area contributed by atoms with Gasteiger partial charge in [-0.3, -0.25) is 4.79 Å². The summed E-state index contributed by atoms with van der Waals surface area (Å²) in [5.41, 5.74) is 1.66. The van der Waals surface area contributed by atoms with Gasteiger partial charge in [0.1, 0.15) is 5.82 Å². The van der Waals surface area contributed by atoms with Crippen LogP contribution in [0.3, 0.4) is 0 Å². The zero-order valence-corrected chi connectivity index (χ0v) is 15.9. The molecule has 1 aromatic carbocycles. The first-order valence-electron chi connectivity index (χ1n) is 9.16. The molecule has 0 saturated heterocycles. The summed E-state index contributed by atoms with van der Waals surface area (Å²) in [7, 11) is 0. The molecule has 1 amide bonds. The first kappa shape index (κ1) is 17.3. The molecule has 136 valence electrons. The van der Waals surface area contributed by atoms with Crippen molar-refractivity contribution in [1.82, 2.24) is 24.9 Å². The molecule has 7 heteroatoms. The highest BCUT2D eigenvalue weighted by Crippen LogP contribution is 2.25. The fourth-order valence-electron chi connectivity index (χ4n) is 3.64. The van der Waals surface area contributed by atoms with Crippen LogP contribution in [0.2, 0.25) is 0 Å². The molecule has 3 aromatic rings. The predicted molar refractivity (Wildman–Crippen MR) is 103 cm³/mol. The van der Waals surface area contributed by atoms with Gasteiger partial charge in [-0.2, -0.15) is 4.52 Å². The molecular weight excluding hydrogens is 346 g/mol. The molecule has 0 spiro atoms. The number of rotatable bonds is 4. The lowest BCUT2D eigenvalue weighted by Gasteiger charge is -2.29. The van der Waals surface area contributed by atoms with Gasteiger partial charge in [-0.25, -0.2) is 9.97 Å². The molecule has 0 aliphatic heterocycles.